The highest BCUT2D eigenvalue weighted by molar-refractivity contribution is 7.99. The molecule has 2 aromatic rings. The first kappa shape index (κ1) is 10.2. The SMILES string of the molecule is Cc1cccc(F)c1Sc1ccccc1. The summed E-state index contributed by atoms with van der Waals surface area (Å²) >= 11 is 1.47. The second-order valence-electron chi connectivity index (χ2n) is 3.30. The summed E-state index contributed by atoms with van der Waals surface area (Å²) in [6.45, 7) is 1.92. The quantitative estimate of drug-likeness (QED) is 0.724. The molecule has 15 heavy (non-hydrogen) atoms. The largest absolute Gasteiger partial charge is 0.206 e. The number of benzene rings is 2. The van der Waals surface area contributed by atoms with Crippen molar-refractivity contribution in [3.63, 3.8) is 0 Å². The van der Waals surface area contributed by atoms with Crippen LogP contribution in [0.15, 0.2) is 58.3 Å². The van der Waals surface area contributed by atoms with Crippen LogP contribution >= 0.6 is 11.8 Å². The van der Waals surface area contributed by atoms with E-state index < -0.39 is 0 Å². The van der Waals surface area contributed by atoms with Crippen LogP contribution in [0.5, 0.6) is 0 Å². The lowest BCUT2D eigenvalue weighted by atomic mass is 10.2. The van der Waals surface area contributed by atoms with Gasteiger partial charge in [0.25, 0.3) is 0 Å². The van der Waals surface area contributed by atoms with Crippen LogP contribution in [0.4, 0.5) is 4.39 Å². The van der Waals surface area contributed by atoms with Crippen LogP contribution < -0.4 is 0 Å². The van der Waals surface area contributed by atoms with E-state index in [4.69, 9.17) is 0 Å². The zero-order chi connectivity index (χ0) is 10.7. The molecule has 0 unspecified atom stereocenters. The van der Waals surface area contributed by atoms with E-state index in [0.717, 1.165) is 10.5 Å². The maximum absolute atomic E-state index is 13.5. The Balaban J connectivity index is 2.32. The van der Waals surface area contributed by atoms with E-state index in [9.17, 15) is 4.39 Å². The van der Waals surface area contributed by atoms with Crippen molar-refractivity contribution in [3.05, 3.63) is 59.9 Å². The molecule has 2 rings (SSSR count). The molecule has 0 nitrogen and oxygen atoms in total. The summed E-state index contributed by atoms with van der Waals surface area (Å²) in [5, 5.41) is 0. The third-order valence-electron chi connectivity index (χ3n) is 2.13. The molecular formula is C13H11FS. The standard InChI is InChI=1S/C13H11FS/c1-10-6-5-9-12(14)13(10)15-11-7-3-2-4-8-11/h2-9H,1H3. The zero-order valence-electron chi connectivity index (χ0n) is 8.41. The summed E-state index contributed by atoms with van der Waals surface area (Å²) in [4.78, 5) is 1.77. The molecule has 0 N–H and O–H groups in total. The smallest absolute Gasteiger partial charge is 0.137 e. The van der Waals surface area contributed by atoms with Gasteiger partial charge < -0.3 is 0 Å². The first-order valence-electron chi connectivity index (χ1n) is 4.75. The lowest BCUT2D eigenvalue weighted by molar-refractivity contribution is 0.599. The number of aryl methyl sites for hydroxylation is 1. The molecule has 0 aliphatic carbocycles. The van der Waals surface area contributed by atoms with E-state index >= 15 is 0 Å². The Bertz CT molecular complexity index is 431. The molecule has 2 heteroatoms. The molecule has 0 saturated heterocycles. The van der Waals surface area contributed by atoms with Gasteiger partial charge in [-0.3, -0.25) is 0 Å². The van der Waals surface area contributed by atoms with Crippen molar-refractivity contribution in [2.75, 3.05) is 0 Å². The Morgan fingerprint density at radius 1 is 0.933 bits per heavy atom. The minimum absolute atomic E-state index is 0.149. The summed E-state index contributed by atoms with van der Waals surface area (Å²) in [6.07, 6.45) is 0. The van der Waals surface area contributed by atoms with Gasteiger partial charge in [0.1, 0.15) is 5.82 Å². The molecule has 0 spiro atoms. The molecule has 76 valence electrons. The molecule has 0 aliphatic rings. The van der Waals surface area contributed by atoms with Crippen molar-refractivity contribution in [2.24, 2.45) is 0 Å². The van der Waals surface area contributed by atoms with E-state index in [1.54, 1.807) is 6.07 Å². The summed E-state index contributed by atoms with van der Waals surface area (Å²) in [5.41, 5.74) is 0.976. The number of hydrogen-bond acceptors (Lipinski definition) is 1. The molecule has 0 heterocycles. The van der Waals surface area contributed by atoms with Crippen molar-refractivity contribution in [1.82, 2.24) is 0 Å². The van der Waals surface area contributed by atoms with E-state index in [2.05, 4.69) is 0 Å². The molecule has 0 amide bonds. The maximum Gasteiger partial charge on any atom is 0.137 e. The Morgan fingerprint density at radius 2 is 1.67 bits per heavy atom. The van der Waals surface area contributed by atoms with E-state index in [-0.39, 0.29) is 5.82 Å². The fourth-order valence-corrected chi connectivity index (χ4v) is 2.28. The number of rotatable bonds is 2. The molecule has 0 fully saturated rings. The Morgan fingerprint density at radius 3 is 2.33 bits per heavy atom. The fourth-order valence-electron chi connectivity index (χ4n) is 1.35. The lowest BCUT2D eigenvalue weighted by Gasteiger charge is -2.06. The average Bonchev–Trinajstić information content (AvgIpc) is 2.25. The van der Waals surface area contributed by atoms with Crippen LogP contribution in [0.2, 0.25) is 0 Å². The molecule has 0 atom stereocenters. The first-order valence-corrected chi connectivity index (χ1v) is 5.57. The van der Waals surface area contributed by atoms with E-state index in [0.29, 0.717) is 4.90 Å². The van der Waals surface area contributed by atoms with Crippen LogP contribution in [0.1, 0.15) is 5.56 Å². The molecule has 0 aromatic heterocycles. The summed E-state index contributed by atoms with van der Waals surface area (Å²) in [6, 6.07) is 15.0. The summed E-state index contributed by atoms with van der Waals surface area (Å²) in [7, 11) is 0. The minimum Gasteiger partial charge on any atom is -0.206 e. The summed E-state index contributed by atoms with van der Waals surface area (Å²) < 4.78 is 13.5. The van der Waals surface area contributed by atoms with E-state index in [1.807, 2.05) is 43.3 Å². The maximum atomic E-state index is 13.5. The van der Waals surface area contributed by atoms with Gasteiger partial charge in [-0.05, 0) is 30.7 Å². The molecule has 0 saturated carbocycles. The Kier molecular flexibility index (Phi) is 3.07. The van der Waals surface area contributed by atoms with Gasteiger partial charge in [0, 0.05) is 4.90 Å². The number of hydrogen-bond donors (Lipinski definition) is 0. The predicted molar refractivity (Wildman–Crippen MR) is 61.7 cm³/mol. The van der Waals surface area contributed by atoms with Gasteiger partial charge in [-0.1, -0.05) is 42.1 Å². The van der Waals surface area contributed by atoms with Crippen molar-refractivity contribution in [2.45, 2.75) is 16.7 Å². The first-order chi connectivity index (χ1) is 7.27. The highest BCUT2D eigenvalue weighted by Gasteiger charge is 2.06. The van der Waals surface area contributed by atoms with Crippen molar-refractivity contribution in [1.29, 1.82) is 0 Å². The van der Waals surface area contributed by atoms with Crippen molar-refractivity contribution >= 4 is 11.8 Å². The normalized spacial score (nSPS) is 10.3. The fraction of sp³-hybridized carbons (Fsp3) is 0.0769. The third-order valence-corrected chi connectivity index (χ3v) is 3.36. The van der Waals surface area contributed by atoms with Crippen LogP contribution in [0.3, 0.4) is 0 Å². The predicted octanol–water partition coefficient (Wildman–Crippen LogP) is 4.29. The van der Waals surface area contributed by atoms with Crippen molar-refractivity contribution < 1.29 is 4.39 Å². The topological polar surface area (TPSA) is 0 Å². The van der Waals surface area contributed by atoms with Gasteiger partial charge >= 0.3 is 0 Å². The molecule has 2 aromatic carbocycles. The van der Waals surface area contributed by atoms with Gasteiger partial charge in [-0.2, -0.15) is 0 Å². The second-order valence-corrected chi connectivity index (χ2v) is 4.38. The zero-order valence-corrected chi connectivity index (χ0v) is 9.22. The van der Waals surface area contributed by atoms with Crippen LogP contribution in [0.25, 0.3) is 0 Å². The van der Waals surface area contributed by atoms with Gasteiger partial charge in [0.05, 0.1) is 4.90 Å². The second kappa shape index (κ2) is 4.49. The van der Waals surface area contributed by atoms with Gasteiger partial charge in [-0.25, -0.2) is 4.39 Å². The van der Waals surface area contributed by atoms with Crippen LogP contribution in [-0.2, 0) is 0 Å². The molecule has 0 radical (unpaired) electrons. The Hall–Kier alpha value is -1.28. The van der Waals surface area contributed by atoms with E-state index in [1.165, 1.54) is 17.8 Å². The lowest BCUT2D eigenvalue weighted by Crippen LogP contribution is -1.85. The van der Waals surface area contributed by atoms with Gasteiger partial charge in [0.15, 0.2) is 0 Å². The van der Waals surface area contributed by atoms with Crippen LogP contribution in [0, 0.1) is 12.7 Å². The van der Waals surface area contributed by atoms with Crippen molar-refractivity contribution in [3.8, 4) is 0 Å². The third kappa shape index (κ3) is 2.39. The minimum atomic E-state index is -0.149. The number of halogens is 1. The van der Waals surface area contributed by atoms with Gasteiger partial charge in [-0.15, -0.1) is 0 Å². The molecule has 0 bridgehead atoms. The highest BCUT2D eigenvalue weighted by Crippen LogP contribution is 2.31. The summed E-state index contributed by atoms with van der Waals surface area (Å²) in [5.74, 6) is -0.149. The van der Waals surface area contributed by atoms with Crippen LogP contribution in [-0.4, -0.2) is 0 Å². The average molecular weight is 218 g/mol. The highest BCUT2D eigenvalue weighted by atomic mass is 32.2. The monoisotopic (exact) mass is 218 g/mol. The van der Waals surface area contributed by atoms with Gasteiger partial charge in [0.2, 0.25) is 0 Å². The Labute approximate surface area is 93.1 Å². The molecule has 0 aliphatic heterocycles. The molecular weight excluding hydrogens is 207 g/mol.